The molecule has 30 heavy (non-hydrogen) atoms. The Balaban J connectivity index is 1.51. The van der Waals surface area contributed by atoms with Gasteiger partial charge in [0.15, 0.2) is 0 Å². The Kier molecular flexibility index (Phi) is 6.64. The highest BCUT2D eigenvalue weighted by Gasteiger charge is 2.14. The number of nitrogens with zero attached hydrogens (tertiary/aromatic N) is 1. The Bertz CT molecular complexity index is 1070. The first-order valence-corrected chi connectivity index (χ1v) is 9.38. The smallest absolute Gasteiger partial charge is 0.313 e. The number of carbonyl (C=O) groups is 2. The average Bonchev–Trinajstić information content (AvgIpc) is 3.21. The largest absolute Gasteiger partial charge is 0.497 e. The Labute approximate surface area is 174 Å². The van der Waals surface area contributed by atoms with E-state index in [-0.39, 0.29) is 6.54 Å². The van der Waals surface area contributed by atoms with Crippen molar-refractivity contribution in [1.29, 1.82) is 0 Å². The van der Waals surface area contributed by atoms with Crippen LogP contribution in [0.5, 0.6) is 5.75 Å². The van der Waals surface area contributed by atoms with Crippen molar-refractivity contribution < 1.29 is 18.7 Å². The van der Waals surface area contributed by atoms with Gasteiger partial charge in [0, 0.05) is 5.69 Å². The van der Waals surface area contributed by atoms with Crippen LogP contribution in [0, 0.1) is 13.8 Å². The van der Waals surface area contributed by atoms with Crippen molar-refractivity contribution in [3.8, 4) is 5.75 Å². The zero-order valence-corrected chi connectivity index (χ0v) is 17.1. The standard InChI is InChI=1S/C23H23N3O4/c1-15-4-5-18(12-16(15)2)26-23(28)22(27)25-14-21-11-10-20(30-21)13-24-17-6-8-19(29-3)9-7-17/h4-13H,14H2,1-3H3,(H,25,27)(H,26,28). The van der Waals surface area contributed by atoms with E-state index < -0.39 is 11.8 Å². The molecule has 0 atom stereocenters. The summed E-state index contributed by atoms with van der Waals surface area (Å²) in [6, 6.07) is 16.2. The lowest BCUT2D eigenvalue weighted by molar-refractivity contribution is -0.136. The lowest BCUT2D eigenvalue weighted by Crippen LogP contribution is -2.34. The maximum atomic E-state index is 12.1. The van der Waals surface area contributed by atoms with Crippen molar-refractivity contribution in [1.82, 2.24) is 5.32 Å². The fourth-order valence-electron chi connectivity index (χ4n) is 2.62. The summed E-state index contributed by atoms with van der Waals surface area (Å²) in [6.45, 7) is 4.01. The molecule has 2 amide bonds. The zero-order chi connectivity index (χ0) is 21.5. The van der Waals surface area contributed by atoms with E-state index in [2.05, 4.69) is 15.6 Å². The first kappa shape index (κ1) is 20.9. The Morgan fingerprint density at radius 2 is 1.77 bits per heavy atom. The molecule has 2 N–H and O–H groups in total. The quantitative estimate of drug-likeness (QED) is 0.480. The molecule has 0 aliphatic carbocycles. The number of aryl methyl sites for hydroxylation is 2. The second-order valence-electron chi connectivity index (χ2n) is 6.70. The summed E-state index contributed by atoms with van der Waals surface area (Å²) in [5, 5.41) is 5.13. The minimum absolute atomic E-state index is 0.0928. The van der Waals surface area contributed by atoms with Gasteiger partial charge in [-0.2, -0.15) is 0 Å². The number of ether oxygens (including phenoxy) is 1. The lowest BCUT2D eigenvalue weighted by atomic mass is 10.1. The highest BCUT2D eigenvalue weighted by Crippen LogP contribution is 2.18. The molecule has 0 fully saturated rings. The van der Waals surface area contributed by atoms with E-state index in [1.807, 2.05) is 50.2 Å². The number of rotatable bonds is 6. The molecule has 0 bridgehead atoms. The molecule has 0 radical (unpaired) electrons. The van der Waals surface area contributed by atoms with E-state index in [0.29, 0.717) is 17.2 Å². The van der Waals surface area contributed by atoms with Gasteiger partial charge in [0.25, 0.3) is 0 Å². The maximum absolute atomic E-state index is 12.1. The Hall–Kier alpha value is -3.87. The molecule has 0 saturated heterocycles. The lowest BCUT2D eigenvalue weighted by Gasteiger charge is -2.07. The van der Waals surface area contributed by atoms with Crippen LogP contribution in [0.3, 0.4) is 0 Å². The van der Waals surface area contributed by atoms with E-state index in [1.165, 1.54) is 0 Å². The van der Waals surface area contributed by atoms with Crippen molar-refractivity contribution in [3.63, 3.8) is 0 Å². The van der Waals surface area contributed by atoms with Crippen molar-refractivity contribution in [3.05, 3.63) is 77.2 Å². The van der Waals surface area contributed by atoms with Gasteiger partial charge in [0.2, 0.25) is 0 Å². The number of aliphatic imine (C=N–C) groups is 1. The average molecular weight is 405 g/mol. The summed E-state index contributed by atoms with van der Waals surface area (Å²) in [7, 11) is 1.61. The molecule has 3 aromatic rings. The molecule has 0 aliphatic heterocycles. The van der Waals surface area contributed by atoms with Crippen molar-refractivity contribution in [2.75, 3.05) is 12.4 Å². The van der Waals surface area contributed by atoms with Crippen LogP contribution in [0.4, 0.5) is 11.4 Å². The third-order valence-corrected chi connectivity index (χ3v) is 4.49. The summed E-state index contributed by atoms with van der Waals surface area (Å²) in [5.41, 5.74) is 3.48. The fourth-order valence-corrected chi connectivity index (χ4v) is 2.62. The molecule has 0 spiro atoms. The van der Waals surface area contributed by atoms with Crippen molar-refractivity contribution >= 4 is 29.4 Å². The van der Waals surface area contributed by atoms with Crippen LogP contribution in [-0.2, 0) is 16.1 Å². The summed E-state index contributed by atoms with van der Waals surface area (Å²) >= 11 is 0. The highest BCUT2D eigenvalue weighted by atomic mass is 16.5. The van der Waals surface area contributed by atoms with Gasteiger partial charge in [-0.05, 0) is 73.5 Å². The first-order chi connectivity index (χ1) is 14.4. The number of furan rings is 1. The topological polar surface area (TPSA) is 92.9 Å². The monoisotopic (exact) mass is 405 g/mol. The number of methoxy groups -OCH3 is 1. The molecular weight excluding hydrogens is 382 g/mol. The van der Waals surface area contributed by atoms with E-state index in [9.17, 15) is 9.59 Å². The third-order valence-electron chi connectivity index (χ3n) is 4.49. The molecule has 0 saturated carbocycles. The molecule has 1 heterocycles. The summed E-state index contributed by atoms with van der Waals surface area (Å²) in [5.74, 6) is 0.337. The molecule has 1 aromatic heterocycles. The number of hydrogen-bond acceptors (Lipinski definition) is 5. The fraction of sp³-hybridized carbons (Fsp3) is 0.174. The number of benzene rings is 2. The summed E-state index contributed by atoms with van der Waals surface area (Å²) in [6.07, 6.45) is 1.58. The van der Waals surface area contributed by atoms with Gasteiger partial charge in [-0.3, -0.25) is 14.6 Å². The number of hydrogen-bond donors (Lipinski definition) is 2. The minimum atomic E-state index is -0.738. The van der Waals surface area contributed by atoms with Crippen LogP contribution in [0.2, 0.25) is 0 Å². The molecule has 2 aromatic carbocycles. The minimum Gasteiger partial charge on any atom is -0.497 e. The maximum Gasteiger partial charge on any atom is 0.313 e. The van der Waals surface area contributed by atoms with E-state index in [1.54, 1.807) is 31.5 Å². The first-order valence-electron chi connectivity index (χ1n) is 9.38. The molecule has 7 nitrogen and oxygen atoms in total. The predicted octanol–water partition coefficient (Wildman–Crippen LogP) is 3.91. The van der Waals surface area contributed by atoms with Gasteiger partial charge in [-0.1, -0.05) is 6.07 Å². The molecule has 3 rings (SSSR count). The van der Waals surface area contributed by atoms with Gasteiger partial charge < -0.3 is 19.8 Å². The SMILES string of the molecule is COc1ccc(N=Cc2ccc(CNC(=O)C(=O)Nc3ccc(C)c(C)c3)o2)cc1. The number of amides is 2. The molecule has 0 aliphatic rings. The van der Waals surface area contributed by atoms with Crippen molar-refractivity contribution in [2.24, 2.45) is 4.99 Å². The Morgan fingerprint density at radius 1 is 1.00 bits per heavy atom. The normalized spacial score (nSPS) is 10.8. The van der Waals surface area contributed by atoms with Crippen LogP contribution in [0.1, 0.15) is 22.6 Å². The number of carbonyl (C=O) groups excluding carboxylic acids is 2. The van der Waals surface area contributed by atoms with E-state index >= 15 is 0 Å². The predicted molar refractivity (Wildman–Crippen MR) is 115 cm³/mol. The molecular formula is C23H23N3O4. The third kappa shape index (κ3) is 5.57. The van der Waals surface area contributed by atoms with E-state index in [0.717, 1.165) is 22.6 Å². The highest BCUT2D eigenvalue weighted by molar-refractivity contribution is 6.39. The second-order valence-corrected chi connectivity index (χ2v) is 6.70. The van der Waals surface area contributed by atoms with Crippen LogP contribution in [0.25, 0.3) is 0 Å². The van der Waals surface area contributed by atoms with Crippen LogP contribution in [-0.4, -0.2) is 25.1 Å². The summed E-state index contributed by atoms with van der Waals surface area (Å²) < 4.78 is 10.7. The number of anilines is 1. The van der Waals surface area contributed by atoms with Crippen LogP contribution >= 0.6 is 0 Å². The Morgan fingerprint density at radius 3 is 2.47 bits per heavy atom. The van der Waals surface area contributed by atoms with Crippen LogP contribution < -0.4 is 15.4 Å². The second kappa shape index (κ2) is 9.56. The van der Waals surface area contributed by atoms with E-state index in [4.69, 9.17) is 9.15 Å². The van der Waals surface area contributed by atoms with Crippen molar-refractivity contribution in [2.45, 2.75) is 20.4 Å². The molecule has 154 valence electrons. The zero-order valence-electron chi connectivity index (χ0n) is 17.1. The van der Waals surface area contributed by atoms with Gasteiger partial charge in [-0.15, -0.1) is 0 Å². The molecule has 7 heteroatoms. The number of nitrogens with one attached hydrogen (secondary N) is 2. The van der Waals surface area contributed by atoms with Gasteiger partial charge in [0.1, 0.15) is 17.3 Å². The van der Waals surface area contributed by atoms with Crippen LogP contribution in [0.15, 0.2) is 64.0 Å². The summed E-state index contributed by atoms with van der Waals surface area (Å²) in [4.78, 5) is 28.4. The van der Waals surface area contributed by atoms with Gasteiger partial charge in [-0.25, -0.2) is 0 Å². The van der Waals surface area contributed by atoms with Gasteiger partial charge >= 0.3 is 11.8 Å². The molecule has 0 unspecified atom stereocenters. The van der Waals surface area contributed by atoms with Gasteiger partial charge in [0.05, 0.1) is 25.6 Å².